The average Bonchev–Trinajstić information content (AvgIpc) is 3.27. The van der Waals surface area contributed by atoms with Gasteiger partial charge in [-0.3, -0.25) is 15.1 Å². The molecule has 5 rings (SSSR count). The molecule has 5 heteroatoms. The van der Waals surface area contributed by atoms with Crippen molar-refractivity contribution in [3.8, 4) is 0 Å². The Kier molecular flexibility index (Phi) is 4.25. The Morgan fingerprint density at radius 1 is 0.931 bits per heavy atom. The number of para-hydroxylation sites is 1. The van der Waals surface area contributed by atoms with E-state index in [1.807, 2.05) is 79.7 Å². The Morgan fingerprint density at radius 2 is 1.62 bits per heavy atom. The molecule has 3 aromatic rings. The van der Waals surface area contributed by atoms with E-state index >= 15 is 0 Å². The summed E-state index contributed by atoms with van der Waals surface area (Å²) in [6.45, 7) is 2.01. The van der Waals surface area contributed by atoms with E-state index in [2.05, 4.69) is 11.4 Å². The highest BCUT2D eigenvalue weighted by Crippen LogP contribution is 2.48. The molecule has 2 heterocycles. The van der Waals surface area contributed by atoms with E-state index in [1.165, 1.54) is 4.90 Å². The summed E-state index contributed by atoms with van der Waals surface area (Å²) < 4.78 is 0. The number of amidine groups is 1. The summed E-state index contributed by atoms with van der Waals surface area (Å²) in [6.07, 6.45) is 0. The van der Waals surface area contributed by atoms with Crippen LogP contribution < -0.4 is 10.2 Å². The number of benzene rings is 3. The molecule has 1 amide bonds. The van der Waals surface area contributed by atoms with Crippen LogP contribution in [-0.2, 0) is 4.79 Å². The lowest BCUT2D eigenvalue weighted by Crippen LogP contribution is -2.29. The lowest BCUT2D eigenvalue weighted by atomic mass is 9.93. The molecule has 2 N–H and O–H groups in total. The molecule has 142 valence electrons. The first-order valence-electron chi connectivity index (χ1n) is 9.46. The van der Waals surface area contributed by atoms with Crippen molar-refractivity contribution < 1.29 is 4.79 Å². The first-order valence-corrected chi connectivity index (χ1v) is 10.3. The molecule has 0 radical (unpaired) electrons. The maximum absolute atomic E-state index is 13.6. The fourth-order valence-electron chi connectivity index (χ4n) is 3.80. The van der Waals surface area contributed by atoms with Crippen LogP contribution in [-0.4, -0.2) is 11.7 Å². The first kappa shape index (κ1) is 17.8. The molecule has 0 aliphatic carbocycles. The third kappa shape index (κ3) is 2.95. The molecule has 1 saturated heterocycles. The molecule has 1 fully saturated rings. The van der Waals surface area contributed by atoms with Gasteiger partial charge in [0.1, 0.15) is 5.84 Å². The van der Waals surface area contributed by atoms with Crippen molar-refractivity contribution in [3.63, 3.8) is 0 Å². The van der Waals surface area contributed by atoms with Gasteiger partial charge >= 0.3 is 0 Å². The smallest absolute Gasteiger partial charge is 0.244 e. The number of carbonyl (C=O) groups excluding carboxylic acids is 1. The van der Waals surface area contributed by atoms with Crippen LogP contribution in [0.15, 0.2) is 94.4 Å². The van der Waals surface area contributed by atoms with Crippen LogP contribution in [0.4, 0.5) is 11.4 Å². The number of nitrogens with one attached hydrogen (secondary N) is 2. The zero-order valence-electron chi connectivity index (χ0n) is 15.8. The predicted octanol–water partition coefficient (Wildman–Crippen LogP) is 5.53. The van der Waals surface area contributed by atoms with Crippen molar-refractivity contribution in [2.24, 2.45) is 0 Å². The molecule has 1 atom stereocenters. The number of nitrogens with zero attached hydrogens (tertiary/aromatic N) is 1. The molecule has 0 spiro atoms. The van der Waals surface area contributed by atoms with Crippen molar-refractivity contribution in [1.29, 1.82) is 5.41 Å². The lowest BCUT2D eigenvalue weighted by molar-refractivity contribution is -0.117. The average molecular weight is 398 g/mol. The van der Waals surface area contributed by atoms with E-state index in [4.69, 9.17) is 5.41 Å². The number of hydrogen-bond donors (Lipinski definition) is 2. The number of fused-ring (bicyclic) bond motifs is 1. The zero-order chi connectivity index (χ0) is 20.0. The van der Waals surface area contributed by atoms with Crippen molar-refractivity contribution in [2.45, 2.75) is 17.7 Å². The van der Waals surface area contributed by atoms with E-state index in [9.17, 15) is 4.79 Å². The zero-order valence-corrected chi connectivity index (χ0v) is 16.7. The Labute approximate surface area is 173 Å². The minimum atomic E-state index is -0.505. The Morgan fingerprint density at radius 3 is 2.34 bits per heavy atom. The standard InChI is InChI=1S/C24H19N3OS/c1-15-11-13-17(14-12-15)27-22(25)21(20(24(27)28)16-7-3-2-4-8-16)23-26-18-9-5-6-10-19(18)29-23/h2-14,20,25-26H,1H3/b23-21+,25-22?. The molecule has 0 aromatic heterocycles. The number of anilines is 2. The quantitative estimate of drug-likeness (QED) is 0.598. The third-order valence-electron chi connectivity index (χ3n) is 5.25. The molecule has 3 aromatic carbocycles. The van der Waals surface area contributed by atoms with Gasteiger partial charge in [-0.15, -0.1) is 0 Å². The SMILES string of the molecule is Cc1ccc(N2C(=N)/C(=C3\Nc4ccccc4S3)C(c3ccccc3)C2=O)cc1. The minimum Gasteiger partial charge on any atom is -0.349 e. The second-order valence-corrected chi connectivity index (χ2v) is 8.22. The highest BCUT2D eigenvalue weighted by molar-refractivity contribution is 8.03. The van der Waals surface area contributed by atoms with Gasteiger partial charge in [0.15, 0.2) is 0 Å². The maximum atomic E-state index is 13.6. The normalized spacial score (nSPS) is 20.7. The van der Waals surface area contributed by atoms with E-state index in [0.717, 1.165) is 38.0 Å². The summed E-state index contributed by atoms with van der Waals surface area (Å²) in [4.78, 5) is 16.2. The summed E-state index contributed by atoms with van der Waals surface area (Å²) in [5, 5.41) is 13.2. The van der Waals surface area contributed by atoms with Crippen LogP contribution in [0.1, 0.15) is 17.0 Å². The number of hydrogen-bond acceptors (Lipinski definition) is 4. The van der Waals surface area contributed by atoms with Gasteiger partial charge in [0, 0.05) is 10.5 Å². The van der Waals surface area contributed by atoms with Crippen LogP contribution in [0.3, 0.4) is 0 Å². The van der Waals surface area contributed by atoms with E-state index < -0.39 is 5.92 Å². The predicted molar refractivity (Wildman–Crippen MR) is 119 cm³/mol. The Balaban J connectivity index is 1.65. The topological polar surface area (TPSA) is 56.2 Å². The van der Waals surface area contributed by atoms with Crippen molar-refractivity contribution >= 4 is 34.9 Å². The van der Waals surface area contributed by atoms with E-state index in [1.54, 1.807) is 11.8 Å². The highest BCUT2D eigenvalue weighted by Gasteiger charge is 2.45. The van der Waals surface area contributed by atoms with Gasteiger partial charge in [-0.1, -0.05) is 71.9 Å². The van der Waals surface area contributed by atoms with Crippen molar-refractivity contribution in [3.05, 3.63) is 101 Å². The van der Waals surface area contributed by atoms with Crippen LogP contribution in [0.5, 0.6) is 0 Å². The van der Waals surface area contributed by atoms with Gasteiger partial charge in [-0.2, -0.15) is 0 Å². The molecule has 29 heavy (non-hydrogen) atoms. The summed E-state index contributed by atoms with van der Waals surface area (Å²) in [5.41, 5.74) is 4.48. The molecular weight excluding hydrogens is 378 g/mol. The summed E-state index contributed by atoms with van der Waals surface area (Å²) in [6, 6.07) is 25.5. The van der Waals surface area contributed by atoms with Crippen LogP contribution >= 0.6 is 11.8 Å². The Bertz CT molecular complexity index is 1130. The van der Waals surface area contributed by atoms with Crippen molar-refractivity contribution in [1.82, 2.24) is 0 Å². The van der Waals surface area contributed by atoms with Gasteiger partial charge in [0.05, 0.1) is 22.3 Å². The third-order valence-corrected chi connectivity index (χ3v) is 6.35. The van der Waals surface area contributed by atoms with Crippen molar-refractivity contribution in [2.75, 3.05) is 10.2 Å². The van der Waals surface area contributed by atoms with Gasteiger partial charge in [0.25, 0.3) is 0 Å². The van der Waals surface area contributed by atoms with Gasteiger partial charge in [-0.25, -0.2) is 0 Å². The van der Waals surface area contributed by atoms with Crippen LogP contribution in [0, 0.1) is 12.3 Å². The molecule has 0 bridgehead atoms. The summed E-state index contributed by atoms with van der Waals surface area (Å²) in [5.74, 6) is -0.365. The van der Waals surface area contributed by atoms with Gasteiger partial charge < -0.3 is 5.32 Å². The monoisotopic (exact) mass is 397 g/mol. The molecule has 4 nitrogen and oxygen atoms in total. The molecular formula is C24H19N3OS. The molecule has 2 aliphatic heterocycles. The molecule has 1 unspecified atom stereocenters. The summed E-state index contributed by atoms with van der Waals surface area (Å²) in [7, 11) is 0. The fourth-order valence-corrected chi connectivity index (χ4v) is 4.88. The molecule has 0 saturated carbocycles. The van der Waals surface area contributed by atoms with Gasteiger partial charge in [0.2, 0.25) is 5.91 Å². The van der Waals surface area contributed by atoms with E-state index in [0.29, 0.717) is 0 Å². The minimum absolute atomic E-state index is 0.0918. The number of amides is 1. The Hall–Kier alpha value is -3.31. The first-order chi connectivity index (χ1) is 14.1. The summed E-state index contributed by atoms with van der Waals surface area (Å²) >= 11 is 1.59. The lowest BCUT2D eigenvalue weighted by Gasteiger charge is -2.16. The maximum Gasteiger partial charge on any atom is 0.244 e. The number of carbonyl (C=O) groups is 1. The number of thioether (sulfide) groups is 1. The number of aryl methyl sites for hydroxylation is 1. The highest BCUT2D eigenvalue weighted by atomic mass is 32.2. The second-order valence-electron chi connectivity index (χ2n) is 7.17. The van der Waals surface area contributed by atoms with Crippen LogP contribution in [0.25, 0.3) is 0 Å². The van der Waals surface area contributed by atoms with E-state index in [-0.39, 0.29) is 11.7 Å². The number of rotatable bonds is 2. The van der Waals surface area contributed by atoms with Gasteiger partial charge in [-0.05, 0) is 36.8 Å². The molecule has 2 aliphatic rings. The largest absolute Gasteiger partial charge is 0.349 e. The fraction of sp³-hybridized carbons (Fsp3) is 0.0833. The van der Waals surface area contributed by atoms with Crippen LogP contribution in [0.2, 0.25) is 0 Å². The second kappa shape index (κ2) is 6.94.